The van der Waals surface area contributed by atoms with E-state index < -0.39 is 5.82 Å². The van der Waals surface area contributed by atoms with Crippen molar-refractivity contribution in [3.8, 4) is 0 Å². The monoisotopic (exact) mass is 390 g/mol. The molecule has 1 amide bonds. The lowest BCUT2D eigenvalue weighted by molar-refractivity contribution is 0.0752. The first-order valence-electron chi connectivity index (χ1n) is 7.56. The second-order valence-electron chi connectivity index (χ2n) is 6.31. The lowest BCUT2D eigenvalue weighted by Gasteiger charge is -2.45. The second-order valence-corrected chi connectivity index (χ2v) is 7.22. The van der Waals surface area contributed by atoms with Crippen LogP contribution in [0.15, 0.2) is 22.7 Å². The Morgan fingerprint density at radius 3 is 2.50 bits per heavy atom. The van der Waals surface area contributed by atoms with Gasteiger partial charge in [-0.15, -0.1) is 12.4 Å². The van der Waals surface area contributed by atoms with Gasteiger partial charge in [0, 0.05) is 16.6 Å². The molecule has 22 heavy (non-hydrogen) atoms. The third-order valence-corrected chi connectivity index (χ3v) is 5.34. The summed E-state index contributed by atoms with van der Waals surface area (Å²) in [6.07, 6.45) is 5.35. The standard InChI is InChI=1S/C16H20BrFN2O.ClH/c17-11-4-5-13(14(18)8-11)16(21)20-15-9-2-1-3-10(15)7-12(19)6-9;/h4-5,8-10,12,15H,1-3,6-7,19H2,(H,20,21);1H. The van der Waals surface area contributed by atoms with Crippen molar-refractivity contribution in [1.82, 2.24) is 5.32 Å². The maximum absolute atomic E-state index is 13.9. The lowest BCUT2D eigenvalue weighted by atomic mass is 9.67. The Labute approximate surface area is 144 Å². The normalized spacial score (nSPS) is 30.3. The van der Waals surface area contributed by atoms with E-state index in [-0.39, 0.29) is 36.0 Å². The van der Waals surface area contributed by atoms with Gasteiger partial charge >= 0.3 is 0 Å². The van der Waals surface area contributed by atoms with Gasteiger partial charge < -0.3 is 11.1 Å². The Morgan fingerprint density at radius 1 is 1.27 bits per heavy atom. The molecule has 3 N–H and O–H groups in total. The van der Waals surface area contributed by atoms with E-state index in [1.807, 2.05) is 0 Å². The zero-order valence-electron chi connectivity index (χ0n) is 12.2. The highest BCUT2D eigenvalue weighted by atomic mass is 79.9. The van der Waals surface area contributed by atoms with E-state index in [1.165, 1.54) is 18.6 Å². The molecule has 2 saturated carbocycles. The van der Waals surface area contributed by atoms with Gasteiger partial charge in [-0.1, -0.05) is 22.4 Å². The molecule has 122 valence electrons. The van der Waals surface area contributed by atoms with Gasteiger partial charge in [-0.3, -0.25) is 4.79 Å². The van der Waals surface area contributed by atoms with Gasteiger partial charge in [-0.25, -0.2) is 4.39 Å². The van der Waals surface area contributed by atoms with Crippen molar-refractivity contribution in [3.63, 3.8) is 0 Å². The molecule has 0 aliphatic heterocycles. The minimum absolute atomic E-state index is 0. The number of hydrogen-bond donors (Lipinski definition) is 2. The van der Waals surface area contributed by atoms with Crippen LogP contribution < -0.4 is 11.1 Å². The molecule has 2 atom stereocenters. The maximum Gasteiger partial charge on any atom is 0.254 e. The van der Waals surface area contributed by atoms with Crippen LogP contribution in [0.4, 0.5) is 4.39 Å². The summed E-state index contributed by atoms with van der Waals surface area (Å²) in [4.78, 5) is 12.4. The van der Waals surface area contributed by atoms with E-state index in [0.717, 1.165) is 25.7 Å². The molecule has 0 spiro atoms. The van der Waals surface area contributed by atoms with Gasteiger partial charge in [-0.05, 0) is 55.7 Å². The Hall–Kier alpha value is -0.650. The Balaban J connectivity index is 0.00000176. The number of carbonyl (C=O) groups excluding carboxylic acids is 1. The molecule has 0 heterocycles. The molecule has 2 aliphatic rings. The van der Waals surface area contributed by atoms with Gasteiger partial charge in [0.1, 0.15) is 5.82 Å². The molecule has 2 unspecified atom stereocenters. The minimum Gasteiger partial charge on any atom is -0.349 e. The van der Waals surface area contributed by atoms with Crippen LogP contribution in [0.5, 0.6) is 0 Å². The van der Waals surface area contributed by atoms with Gasteiger partial charge in [0.05, 0.1) is 5.56 Å². The molecule has 0 saturated heterocycles. The molecule has 0 aromatic heterocycles. The van der Waals surface area contributed by atoms with Crippen LogP contribution >= 0.6 is 28.3 Å². The summed E-state index contributed by atoms with van der Waals surface area (Å²) in [6, 6.07) is 4.94. The number of hydrogen-bond acceptors (Lipinski definition) is 2. The summed E-state index contributed by atoms with van der Waals surface area (Å²) in [6.45, 7) is 0. The van der Waals surface area contributed by atoms with E-state index >= 15 is 0 Å². The predicted molar refractivity (Wildman–Crippen MR) is 90.6 cm³/mol. The number of nitrogens with one attached hydrogen (secondary N) is 1. The summed E-state index contributed by atoms with van der Waals surface area (Å²) in [5.41, 5.74) is 6.21. The minimum atomic E-state index is -0.487. The number of amides is 1. The molecular formula is C16H21BrClFN2O. The van der Waals surface area contributed by atoms with Crippen LogP contribution in [0.2, 0.25) is 0 Å². The van der Waals surface area contributed by atoms with Crippen LogP contribution in [-0.2, 0) is 0 Å². The van der Waals surface area contributed by atoms with Crippen molar-refractivity contribution in [3.05, 3.63) is 34.1 Å². The van der Waals surface area contributed by atoms with Crippen molar-refractivity contribution in [2.24, 2.45) is 17.6 Å². The summed E-state index contributed by atoms with van der Waals surface area (Å²) in [5.74, 6) is 0.0850. The molecule has 2 bridgehead atoms. The molecule has 1 aromatic carbocycles. The summed E-state index contributed by atoms with van der Waals surface area (Å²) < 4.78 is 14.5. The molecule has 6 heteroatoms. The molecule has 1 aromatic rings. The van der Waals surface area contributed by atoms with Gasteiger partial charge in [0.25, 0.3) is 5.91 Å². The van der Waals surface area contributed by atoms with Crippen molar-refractivity contribution >= 4 is 34.2 Å². The van der Waals surface area contributed by atoms with E-state index in [0.29, 0.717) is 16.3 Å². The van der Waals surface area contributed by atoms with Crippen LogP contribution in [0, 0.1) is 17.7 Å². The smallest absolute Gasteiger partial charge is 0.254 e. The molecule has 2 fully saturated rings. The van der Waals surface area contributed by atoms with Gasteiger partial charge in [0.2, 0.25) is 0 Å². The highest BCUT2D eigenvalue weighted by molar-refractivity contribution is 9.10. The quantitative estimate of drug-likeness (QED) is 0.808. The van der Waals surface area contributed by atoms with E-state index in [4.69, 9.17) is 5.73 Å². The zero-order valence-corrected chi connectivity index (χ0v) is 14.6. The number of fused-ring (bicyclic) bond motifs is 2. The fourth-order valence-electron chi connectivity index (χ4n) is 3.93. The van der Waals surface area contributed by atoms with Gasteiger partial charge in [-0.2, -0.15) is 0 Å². The molecule has 0 radical (unpaired) electrons. The Bertz CT molecular complexity index is 543. The number of halogens is 3. The van der Waals surface area contributed by atoms with E-state index in [9.17, 15) is 9.18 Å². The fourth-order valence-corrected chi connectivity index (χ4v) is 4.26. The second kappa shape index (κ2) is 7.28. The lowest BCUT2D eigenvalue weighted by Crippen LogP contribution is -2.53. The average molecular weight is 392 g/mol. The number of benzene rings is 1. The molecule has 3 nitrogen and oxygen atoms in total. The summed E-state index contributed by atoms with van der Waals surface area (Å²) in [7, 11) is 0. The maximum atomic E-state index is 13.9. The number of nitrogens with two attached hydrogens (primary N) is 1. The highest BCUT2D eigenvalue weighted by Crippen LogP contribution is 2.39. The molecular weight excluding hydrogens is 371 g/mol. The zero-order chi connectivity index (χ0) is 15.0. The fraction of sp³-hybridized carbons (Fsp3) is 0.562. The molecule has 2 aliphatic carbocycles. The third kappa shape index (κ3) is 3.63. The first-order valence-corrected chi connectivity index (χ1v) is 8.35. The predicted octanol–water partition coefficient (Wildman–Crippen LogP) is 3.65. The first-order chi connectivity index (χ1) is 10.0. The number of rotatable bonds is 2. The van der Waals surface area contributed by atoms with Crippen molar-refractivity contribution in [1.29, 1.82) is 0 Å². The van der Waals surface area contributed by atoms with Crippen molar-refractivity contribution < 1.29 is 9.18 Å². The first kappa shape index (κ1) is 17.7. The van der Waals surface area contributed by atoms with Gasteiger partial charge in [0.15, 0.2) is 0 Å². The van der Waals surface area contributed by atoms with Crippen LogP contribution in [0.3, 0.4) is 0 Å². The van der Waals surface area contributed by atoms with Crippen LogP contribution in [0.25, 0.3) is 0 Å². The molecule has 3 rings (SSSR count). The summed E-state index contributed by atoms with van der Waals surface area (Å²) >= 11 is 3.20. The topological polar surface area (TPSA) is 55.1 Å². The van der Waals surface area contributed by atoms with Crippen molar-refractivity contribution in [2.45, 2.75) is 44.2 Å². The van der Waals surface area contributed by atoms with E-state index in [1.54, 1.807) is 6.07 Å². The third-order valence-electron chi connectivity index (χ3n) is 4.85. The highest BCUT2D eigenvalue weighted by Gasteiger charge is 2.40. The Kier molecular flexibility index (Phi) is 5.86. The SMILES string of the molecule is Cl.NC1CC2CCCC(C1)C2NC(=O)c1ccc(Br)cc1F. The van der Waals surface area contributed by atoms with Crippen LogP contribution in [-0.4, -0.2) is 18.0 Å². The van der Waals surface area contributed by atoms with Crippen molar-refractivity contribution in [2.75, 3.05) is 0 Å². The Morgan fingerprint density at radius 2 is 1.91 bits per heavy atom. The summed E-state index contributed by atoms with van der Waals surface area (Å²) in [5, 5.41) is 3.07. The van der Waals surface area contributed by atoms with E-state index in [2.05, 4.69) is 21.2 Å². The largest absolute Gasteiger partial charge is 0.349 e. The average Bonchev–Trinajstić information content (AvgIpc) is 2.39. The number of carbonyl (C=O) groups is 1. The van der Waals surface area contributed by atoms with Crippen LogP contribution in [0.1, 0.15) is 42.5 Å².